The van der Waals surface area contributed by atoms with Crippen molar-refractivity contribution >= 4 is 15.9 Å². The Morgan fingerprint density at radius 1 is 0.342 bits per heavy atom. The molecule has 8 heteroatoms. The summed E-state index contributed by atoms with van der Waals surface area (Å²) in [6.07, 6.45) is 10.6. The molecule has 6 nitrogen and oxygen atoms in total. The zero-order chi connectivity index (χ0) is 25.5. The van der Waals surface area contributed by atoms with Crippen molar-refractivity contribution in [2.75, 3.05) is 0 Å². The molecule has 0 unspecified atom stereocenters. The van der Waals surface area contributed by atoms with Crippen LogP contribution in [0, 0.1) is 0 Å². The molecule has 0 saturated heterocycles. The van der Waals surface area contributed by atoms with E-state index in [2.05, 4.69) is 45.8 Å². The fourth-order valence-electron chi connectivity index (χ4n) is 3.13. The van der Waals surface area contributed by atoms with E-state index in [1.165, 1.54) is 0 Å². The Morgan fingerprint density at radius 2 is 0.658 bits per heavy atom. The second kappa shape index (κ2) is 16.0. The first-order chi connectivity index (χ1) is 18.3. The van der Waals surface area contributed by atoms with Crippen molar-refractivity contribution in [1.82, 2.24) is 29.9 Å². The molecule has 0 spiro atoms. The van der Waals surface area contributed by atoms with Crippen LogP contribution in [0.3, 0.4) is 0 Å². The number of hydrogen-bond acceptors (Lipinski definition) is 6. The minimum absolute atomic E-state index is 0. The molecule has 188 valence electrons. The molecule has 0 atom stereocenters. The van der Waals surface area contributed by atoms with Gasteiger partial charge in [0.15, 0.2) is 0 Å². The van der Waals surface area contributed by atoms with Crippen LogP contribution in [-0.4, -0.2) is 29.9 Å². The number of nitrogens with zero attached hydrogens (tertiary/aromatic N) is 6. The van der Waals surface area contributed by atoms with E-state index in [1.807, 2.05) is 103 Å². The van der Waals surface area contributed by atoms with E-state index in [1.54, 1.807) is 37.2 Å². The summed E-state index contributed by atoms with van der Waals surface area (Å²) in [5, 5.41) is 0. The Kier molecular flexibility index (Phi) is 12.0. The molecule has 0 radical (unpaired) electrons. The van der Waals surface area contributed by atoms with Crippen molar-refractivity contribution in [3.05, 3.63) is 145 Å². The first-order valence-corrected chi connectivity index (χ1v) is 12.3. The number of halogens is 1. The third-order valence-corrected chi connectivity index (χ3v) is 5.49. The summed E-state index contributed by atoms with van der Waals surface area (Å²) in [5.41, 5.74) is 5.42. The van der Waals surface area contributed by atoms with Gasteiger partial charge in [0.05, 0.1) is 28.5 Å². The van der Waals surface area contributed by atoms with Gasteiger partial charge in [0.25, 0.3) is 0 Å². The van der Waals surface area contributed by atoms with Crippen molar-refractivity contribution in [3.63, 3.8) is 0 Å². The van der Waals surface area contributed by atoms with Crippen LogP contribution in [0.5, 0.6) is 0 Å². The Morgan fingerprint density at radius 3 is 0.947 bits per heavy atom. The average Bonchev–Trinajstić information content (AvgIpc) is 3.00. The fourth-order valence-corrected chi connectivity index (χ4v) is 3.59. The van der Waals surface area contributed by atoms with Gasteiger partial charge in [-0.1, -0.05) is 30.3 Å². The van der Waals surface area contributed by atoms with Crippen molar-refractivity contribution in [2.45, 2.75) is 0 Å². The predicted molar refractivity (Wildman–Crippen MR) is 150 cm³/mol. The van der Waals surface area contributed by atoms with Gasteiger partial charge in [-0.2, -0.15) is 0 Å². The maximum atomic E-state index is 4.24. The van der Waals surface area contributed by atoms with Gasteiger partial charge < -0.3 is 0 Å². The number of pyridine rings is 6. The molecule has 0 aliphatic rings. The van der Waals surface area contributed by atoms with Gasteiger partial charge in [0, 0.05) is 61.1 Å². The zero-order valence-electron chi connectivity index (χ0n) is 20.2. The van der Waals surface area contributed by atoms with Crippen molar-refractivity contribution in [1.29, 1.82) is 0 Å². The van der Waals surface area contributed by atoms with E-state index < -0.39 is 0 Å². The van der Waals surface area contributed by atoms with Crippen LogP contribution in [0.15, 0.2) is 145 Å². The maximum Gasteiger partial charge on any atom is 0.103 e. The van der Waals surface area contributed by atoms with Crippen LogP contribution < -0.4 is 0 Å². The molecule has 0 aliphatic heterocycles. The van der Waals surface area contributed by atoms with E-state index in [0.717, 1.165) is 38.6 Å². The SMILES string of the molecule is Brc1cccnc1-c1ccccn1.[Ru].c1ccc(-c2ccccn2)nc1.c1ccc(-c2ccccn2)nc1. The predicted octanol–water partition coefficient (Wildman–Crippen LogP) is 7.19. The largest absolute Gasteiger partial charge is 0.255 e. The quantitative estimate of drug-likeness (QED) is 0.189. The Hall–Kier alpha value is -4.00. The van der Waals surface area contributed by atoms with E-state index in [-0.39, 0.29) is 19.5 Å². The summed E-state index contributed by atoms with van der Waals surface area (Å²) in [6.45, 7) is 0. The normalized spacial score (nSPS) is 9.50. The minimum atomic E-state index is 0. The van der Waals surface area contributed by atoms with Crippen molar-refractivity contribution < 1.29 is 19.5 Å². The van der Waals surface area contributed by atoms with Gasteiger partial charge in [-0.05, 0) is 88.7 Å². The maximum absolute atomic E-state index is 4.24. The smallest absolute Gasteiger partial charge is 0.103 e. The molecule has 6 aromatic heterocycles. The molecular formula is C30H23BrN6Ru. The van der Waals surface area contributed by atoms with Gasteiger partial charge in [0.1, 0.15) is 5.69 Å². The van der Waals surface area contributed by atoms with Gasteiger partial charge in [0.2, 0.25) is 0 Å². The number of rotatable bonds is 3. The van der Waals surface area contributed by atoms with Crippen LogP contribution in [0.2, 0.25) is 0 Å². The molecule has 0 aromatic carbocycles. The van der Waals surface area contributed by atoms with Gasteiger partial charge in [-0.3, -0.25) is 29.9 Å². The molecule has 38 heavy (non-hydrogen) atoms. The molecule has 0 N–H and O–H groups in total. The van der Waals surface area contributed by atoms with Crippen LogP contribution in [-0.2, 0) is 19.5 Å². The zero-order valence-corrected chi connectivity index (χ0v) is 23.5. The first-order valence-electron chi connectivity index (χ1n) is 11.5. The Bertz CT molecular complexity index is 1310. The second-order valence-electron chi connectivity index (χ2n) is 7.41. The molecule has 6 aromatic rings. The molecule has 0 fully saturated rings. The van der Waals surface area contributed by atoms with Crippen LogP contribution in [0.1, 0.15) is 0 Å². The summed E-state index contributed by atoms with van der Waals surface area (Å²) in [7, 11) is 0. The fraction of sp³-hybridized carbons (Fsp3) is 0. The monoisotopic (exact) mass is 648 g/mol. The molecule has 6 rings (SSSR count). The summed E-state index contributed by atoms with van der Waals surface area (Å²) >= 11 is 3.43. The molecule has 0 amide bonds. The molecular weight excluding hydrogens is 625 g/mol. The van der Waals surface area contributed by atoms with E-state index in [4.69, 9.17) is 0 Å². The molecule has 6 heterocycles. The third-order valence-electron chi connectivity index (χ3n) is 4.85. The van der Waals surface area contributed by atoms with Crippen molar-refractivity contribution in [2.24, 2.45) is 0 Å². The first kappa shape index (κ1) is 28.6. The van der Waals surface area contributed by atoms with E-state index in [0.29, 0.717) is 0 Å². The third kappa shape index (κ3) is 8.84. The van der Waals surface area contributed by atoms with Crippen LogP contribution in [0.25, 0.3) is 34.2 Å². The minimum Gasteiger partial charge on any atom is -0.255 e. The summed E-state index contributed by atoms with van der Waals surface area (Å²) in [6, 6.07) is 32.8. The number of hydrogen-bond donors (Lipinski definition) is 0. The molecule has 0 aliphatic carbocycles. The molecule has 0 bridgehead atoms. The van der Waals surface area contributed by atoms with Gasteiger partial charge in [-0.25, -0.2) is 0 Å². The molecule has 0 saturated carbocycles. The van der Waals surface area contributed by atoms with E-state index in [9.17, 15) is 0 Å². The van der Waals surface area contributed by atoms with Gasteiger partial charge in [-0.15, -0.1) is 0 Å². The standard InChI is InChI=1S/C10H7BrN2.2C10H8N2.Ru/c11-8-4-3-7-13-10(8)9-5-1-2-6-12-9;2*1-3-7-11-9(5-1)10-6-2-4-8-12-10;/h1-7H;2*1-8H;. The van der Waals surface area contributed by atoms with Crippen molar-refractivity contribution in [3.8, 4) is 34.2 Å². The Balaban J connectivity index is 0.000000156. The van der Waals surface area contributed by atoms with Gasteiger partial charge >= 0.3 is 0 Å². The van der Waals surface area contributed by atoms with Crippen LogP contribution in [0.4, 0.5) is 0 Å². The summed E-state index contributed by atoms with van der Waals surface area (Å²) in [5.74, 6) is 0. The summed E-state index contributed by atoms with van der Waals surface area (Å²) < 4.78 is 0.966. The number of aromatic nitrogens is 6. The van der Waals surface area contributed by atoms with Crippen LogP contribution >= 0.6 is 15.9 Å². The second-order valence-corrected chi connectivity index (χ2v) is 8.26. The Labute approximate surface area is 243 Å². The topological polar surface area (TPSA) is 77.3 Å². The van der Waals surface area contributed by atoms with E-state index >= 15 is 0 Å². The average molecular weight is 649 g/mol. The summed E-state index contributed by atoms with van der Waals surface area (Å²) in [4.78, 5) is 25.2.